The Morgan fingerprint density at radius 1 is 1.41 bits per heavy atom. The minimum Gasteiger partial charge on any atom is -0.493 e. The van der Waals surface area contributed by atoms with Gasteiger partial charge in [0.15, 0.2) is 0 Å². The summed E-state index contributed by atoms with van der Waals surface area (Å²) in [5.74, 6) is -0.406. The summed E-state index contributed by atoms with van der Waals surface area (Å²) in [7, 11) is 1.33. The normalized spacial score (nSPS) is 11.1. The molecule has 1 N–H and O–H groups in total. The minimum absolute atomic E-state index is 0.0917. The van der Waals surface area contributed by atoms with Crippen molar-refractivity contribution in [3.63, 3.8) is 0 Å². The van der Waals surface area contributed by atoms with Crippen LogP contribution in [-0.4, -0.2) is 29.2 Å². The predicted molar refractivity (Wildman–Crippen MR) is 73.4 cm³/mol. The van der Waals surface area contributed by atoms with E-state index in [1.54, 1.807) is 24.3 Å². The highest BCUT2D eigenvalue weighted by Crippen LogP contribution is 2.15. The quantitative estimate of drug-likeness (QED) is 0.372. The van der Waals surface area contributed by atoms with Crippen LogP contribution >= 0.6 is 22.6 Å². The highest BCUT2D eigenvalue weighted by Gasteiger charge is 2.06. The van der Waals surface area contributed by atoms with Crippen molar-refractivity contribution in [1.29, 1.82) is 0 Å². The van der Waals surface area contributed by atoms with Gasteiger partial charge in [0.1, 0.15) is 5.75 Å². The van der Waals surface area contributed by atoms with E-state index in [4.69, 9.17) is 14.6 Å². The molecule has 5 heteroatoms. The predicted octanol–water partition coefficient (Wildman–Crippen LogP) is 2.57. The van der Waals surface area contributed by atoms with Gasteiger partial charge in [0.05, 0.1) is 13.7 Å². The van der Waals surface area contributed by atoms with Crippen molar-refractivity contribution in [2.75, 3.05) is 18.1 Å². The average molecular weight is 348 g/mol. The first-order valence-corrected chi connectivity index (χ1v) is 6.47. The van der Waals surface area contributed by atoms with Gasteiger partial charge in [-0.1, -0.05) is 34.7 Å². The van der Waals surface area contributed by atoms with Crippen molar-refractivity contribution < 1.29 is 19.4 Å². The maximum Gasteiger partial charge on any atom is 0.371 e. The Balaban J connectivity index is 2.76. The number of rotatable bonds is 6. The number of alkyl halides is 1. The third kappa shape index (κ3) is 4.64. The van der Waals surface area contributed by atoms with Crippen molar-refractivity contribution in [1.82, 2.24) is 0 Å². The van der Waals surface area contributed by atoms with Crippen LogP contribution in [0.25, 0.3) is 6.08 Å². The lowest BCUT2D eigenvalue weighted by Gasteiger charge is -2.04. The second-order valence-corrected chi connectivity index (χ2v) is 4.20. The summed E-state index contributed by atoms with van der Waals surface area (Å²) in [6.45, 7) is 0.661. The SMILES string of the molecule is COC(=Cc1ccc(OCCI)cc1)C(=O)O. The van der Waals surface area contributed by atoms with Gasteiger partial charge in [-0.05, 0) is 23.8 Å². The number of aliphatic carboxylic acids is 1. The smallest absolute Gasteiger partial charge is 0.371 e. The van der Waals surface area contributed by atoms with Crippen LogP contribution in [0.3, 0.4) is 0 Å². The van der Waals surface area contributed by atoms with Crippen LogP contribution in [0, 0.1) is 0 Å². The maximum atomic E-state index is 10.7. The number of carbonyl (C=O) groups is 1. The molecule has 92 valence electrons. The van der Waals surface area contributed by atoms with E-state index >= 15 is 0 Å². The van der Waals surface area contributed by atoms with E-state index < -0.39 is 5.97 Å². The lowest BCUT2D eigenvalue weighted by atomic mass is 10.2. The van der Waals surface area contributed by atoms with Crippen molar-refractivity contribution in [2.45, 2.75) is 0 Å². The van der Waals surface area contributed by atoms with Crippen molar-refractivity contribution in [3.05, 3.63) is 35.6 Å². The monoisotopic (exact) mass is 348 g/mol. The molecule has 0 fully saturated rings. The van der Waals surface area contributed by atoms with Gasteiger partial charge in [-0.25, -0.2) is 4.79 Å². The second-order valence-electron chi connectivity index (χ2n) is 3.12. The topological polar surface area (TPSA) is 55.8 Å². The van der Waals surface area contributed by atoms with Crippen LogP contribution in [-0.2, 0) is 9.53 Å². The molecule has 4 nitrogen and oxygen atoms in total. The summed E-state index contributed by atoms with van der Waals surface area (Å²) in [4.78, 5) is 10.7. The van der Waals surface area contributed by atoms with Gasteiger partial charge in [-0.2, -0.15) is 0 Å². The maximum absolute atomic E-state index is 10.7. The molecule has 0 spiro atoms. The summed E-state index contributed by atoms with van der Waals surface area (Å²) in [6.07, 6.45) is 1.46. The minimum atomic E-state index is -1.09. The molecule has 1 aromatic carbocycles. The molecule has 0 heterocycles. The molecule has 0 bridgehead atoms. The van der Waals surface area contributed by atoms with Crippen LogP contribution in [0.5, 0.6) is 5.75 Å². The molecule has 0 atom stereocenters. The zero-order chi connectivity index (χ0) is 12.7. The van der Waals surface area contributed by atoms with Gasteiger partial charge in [-0.3, -0.25) is 0 Å². The van der Waals surface area contributed by atoms with Crippen molar-refractivity contribution in [2.24, 2.45) is 0 Å². The molecule has 0 aromatic heterocycles. The summed E-state index contributed by atoms with van der Waals surface area (Å²) < 4.78 is 11.1. The van der Waals surface area contributed by atoms with E-state index in [9.17, 15) is 4.79 Å². The van der Waals surface area contributed by atoms with Gasteiger partial charge in [-0.15, -0.1) is 0 Å². The van der Waals surface area contributed by atoms with Gasteiger partial charge >= 0.3 is 5.97 Å². The van der Waals surface area contributed by atoms with Gasteiger partial charge in [0, 0.05) is 4.43 Å². The Hall–Kier alpha value is -1.24. The number of hydrogen-bond donors (Lipinski definition) is 1. The van der Waals surface area contributed by atoms with Crippen LogP contribution in [0.2, 0.25) is 0 Å². The first-order valence-electron chi connectivity index (χ1n) is 4.95. The number of halogens is 1. The lowest BCUT2D eigenvalue weighted by Crippen LogP contribution is -2.02. The Morgan fingerprint density at radius 2 is 2.06 bits per heavy atom. The average Bonchev–Trinajstić information content (AvgIpc) is 2.34. The molecule has 0 saturated carbocycles. The molecule has 17 heavy (non-hydrogen) atoms. The Bertz CT molecular complexity index is 397. The number of carboxylic acid groups (broad SMARTS) is 1. The largest absolute Gasteiger partial charge is 0.493 e. The number of methoxy groups -OCH3 is 1. The highest BCUT2D eigenvalue weighted by atomic mass is 127. The summed E-state index contributed by atoms with van der Waals surface area (Å²) in [5, 5.41) is 8.79. The zero-order valence-corrected chi connectivity index (χ0v) is 11.5. The Labute approximate surface area is 113 Å². The Morgan fingerprint density at radius 3 is 2.53 bits per heavy atom. The first-order chi connectivity index (χ1) is 8.17. The number of benzene rings is 1. The van der Waals surface area contributed by atoms with Crippen LogP contribution in [0.1, 0.15) is 5.56 Å². The summed E-state index contributed by atoms with van der Waals surface area (Å²) in [6, 6.07) is 7.16. The van der Waals surface area contributed by atoms with E-state index in [0.29, 0.717) is 6.61 Å². The third-order valence-electron chi connectivity index (χ3n) is 1.95. The molecule has 0 aliphatic rings. The van der Waals surface area contributed by atoms with E-state index in [2.05, 4.69) is 22.6 Å². The van der Waals surface area contributed by atoms with Crippen LogP contribution in [0.15, 0.2) is 30.0 Å². The number of ether oxygens (including phenoxy) is 2. The fraction of sp³-hybridized carbons (Fsp3) is 0.250. The summed E-state index contributed by atoms with van der Waals surface area (Å²) >= 11 is 2.23. The zero-order valence-electron chi connectivity index (χ0n) is 9.35. The fourth-order valence-electron chi connectivity index (χ4n) is 1.18. The molecule has 0 amide bonds. The molecule has 0 radical (unpaired) electrons. The molecular weight excluding hydrogens is 335 g/mol. The van der Waals surface area contributed by atoms with Gasteiger partial charge < -0.3 is 14.6 Å². The Kier molecular flexibility index (Phi) is 5.82. The van der Waals surface area contributed by atoms with Crippen molar-refractivity contribution in [3.8, 4) is 5.75 Å². The van der Waals surface area contributed by atoms with E-state index in [1.807, 2.05) is 0 Å². The third-order valence-corrected chi connectivity index (χ3v) is 2.39. The van der Waals surface area contributed by atoms with Crippen LogP contribution in [0.4, 0.5) is 0 Å². The van der Waals surface area contributed by atoms with E-state index in [-0.39, 0.29) is 5.76 Å². The molecule has 1 rings (SSSR count). The standard InChI is InChI=1S/C12H13IO4/c1-16-11(12(14)15)8-9-2-4-10(5-3-9)17-7-6-13/h2-5,8H,6-7H2,1H3,(H,14,15). The molecule has 0 aliphatic heterocycles. The van der Waals surface area contributed by atoms with Gasteiger partial charge in [0.2, 0.25) is 5.76 Å². The fourth-order valence-corrected chi connectivity index (χ4v) is 1.40. The lowest BCUT2D eigenvalue weighted by molar-refractivity contribution is -0.135. The molecule has 0 unspecified atom stereocenters. The summed E-state index contributed by atoms with van der Waals surface area (Å²) in [5.41, 5.74) is 0.756. The number of hydrogen-bond acceptors (Lipinski definition) is 3. The second kappa shape index (κ2) is 7.16. The first kappa shape index (κ1) is 13.8. The molecule has 1 aromatic rings. The van der Waals surface area contributed by atoms with Gasteiger partial charge in [0.25, 0.3) is 0 Å². The molecule has 0 saturated heterocycles. The highest BCUT2D eigenvalue weighted by molar-refractivity contribution is 14.1. The molecule has 0 aliphatic carbocycles. The van der Waals surface area contributed by atoms with E-state index in [0.717, 1.165) is 15.7 Å². The molecular formula is C12H13IO4. The number of carboxylic acids is 1. The van der Waals surface area contributed by atoms with Crippen LogP contribution < -0.4 is 4.74 Å². The van der Waals surface area contributed by atoms with Crippen molar-refractivity contribution >= 4 is 34.6 Å². The van der Waals surface area contributed by atoms with E-state index in [1.165, 1.54) is 13.2 Å².